The van der Waals surface area contributed by atoms with E-state index in [0.29, 0.717) is 36.7 Å². The molecule has 1 aliphatic rings. The summed E-state index contributed by atoms with van der Waals surface area (Å²) in [4.78, 5) is 9.20. The minimum atomic E-state index is -3.53. The highest BCUT2D eigenvalue weighted by atomic mass is 32.2. The van der Waals surface area contributed by atoms with E-state index < -0.39 is 10.0 Å². The molecule has 1 fully saturated rings. The number of fused-ring (bicyclic) bond motifs is 2. The first-order chi connectivity index (χ1) is 14.6. The van der Waals surface area contributed by atoms with Crippen LogP contribution in [0.2, 0.25) is 0 Å². The Bertz CT molecular complexity index is 1320. The van der Waals surface area contributed by atoms with Crippen LogP contribution < -0.4 is 4.74 Å². The molecule has 0 unspecified atom stereocenters. The Kier molecular flexibility index (Phi) is 4.84. The molecule has 0 aliphatic carbocycles. The molecule has 1 aromatic heterocycles. The average molecular weight is 420 g/mol. The lowest BCUT2D eigenvalue weighted by atomic mass is 10.1. The molecular weight excluding hydrogens is 398 g/mol. The van der Waals surface area contributed by atoms with Gasteiger partial charge >= 0.3 is 0 Å². The van der Waals surface area contributed by atoms with Crippen LogP contribution in [0.4, 0.5) is 0 Å². The van der Waals surface area contributed by atoms with Gasteiger partial charge in [-0.05, 0) is 47.9 Å². The quantitative estimate of drug-likeness (QED) is 0.500. The third-order valence-electron chi connectivity index (χ3n) is 5.47. The fourth-order valence-corrected chi connectivity index (χ4v) is 5.34. The molecule has 152 valence electrons. The predicted octanol–water partition coefficient (Wildman–Crippen LogP) is 4.02. The van der Waals surface area contributed by atoms with Crippen molar-refractivity contribution >= 4 is 31.8 Å². The fourth-order valence-electron chi connectivity index (χ4n) is 3.84. The summed E-state index contributed by atoms with van der Waals surface area (Å²) in [6.45, 7) is 0.835. The van der Waals surface area contributed by atoms with Gasteiger partial charge in [-0.1, -0.05) is 42.5 Å². The van der Waals surface area contributed by atoms with Crippen LogP contribution in [-0.4, -0.2) is 41.9 Å². The molecule has 0 radical (unpaired) electrons. The number of aromatic nitrogens is 2. The van der Waals surface area contributed by atoms with E-state index in [2.05, 4.69) is 9.97 Å². The van der Waals surface area contributed by atoms with Gasteiger partial charge < -0.3 is 4.74 Å². The molecule has 0 amide bonds. The highest BCUT2D eigenvalue weighted by Gasteiger charge is 2.30. The number of hydrogen-bond acceptors (Lipinski definition) is 5. The zero-order valence-electron chi connectivity index (χ0n) is 16.3. The molecule has 4 aromatic rings. The van der Waals surface area contributed by atoms with Crippen molar-refractivity contribution in [3.05, 3.63) is 72.9 Å². The van der Waals surface area contributed by atoms with Crippen molar-refractivity contribution in [2.75, 3.05) is 13.1 Å². The van der Waals surface area contributed by atoms with Crippen LogP contribution in [0.15, 0.2) is 77.8 Å². The first-order valence-electron chi connectivity index (χ1n) is 9.97. The lowest BCUT2D eigenvalue weighted by molar-refractivity contribution is 0.130. The number of para-hydroxylation sites is 2. The normalized spacial score (nSPS) is 16.1. The van der Waals surface area contributed by atoms with E-state index in [0.717, 1.165) is 21.8 Å². The second-order valence-electron chi connectivity index (χ2n) is 7.43. The van der Waals surface area contributed by atoms with E-state index in [1.54, 1.807) is 22.6 Å². The molecular formula is C23H21N3O3S. The Morgan fingerprint density at radius 1 is 0.867 bits per heavy atom. The van der Waals surface area contributed by atoms with Crippen molar-refractivity contribution in [1.82, 2.24) is 14.3 Å². The van der Waals surface area contributed by atoms with Gasteiger partial charge in [0.1, 0.15) is 6.10 Å². The number of benzene rings is 3. The zero-order chi connectivity index (χ0) is 20.6. The summed E-state index contributed by atoms with van der Waals surface area (Å²) in [5.74, 6) is 0.476. The van der Waals surface area contributed by atoms with Crippen LogP contribution in [0.3, 0.4) is 0 Å². The predicted molar refractivity (Wildman–Crippen MR) is 116 cm³/mol. The molecule has 0 N–H and O–H groups in total. The number of nitrogens with zero attached hydrogens (tertiary/aromatic N) is 3. The van der Waals surface area contributed by atoms with Crippen molar-refractivity contribution in [1.29, 1.82) is 0 Å². The summed E-state index contributed by atoms with van der Waals surface area (Å²) in [7, 11) is -3.53. The topological polar surface area (TPSA) is 72.4 Å². The maximum Gasteiger partial charge on any atom is 0.243 e. The molecule has 0 saturated carbocycles. The van der Waals surface area contributed by atoms with Gasteiger partial charge in [-0.25, -0.2) is 18.4 Å². The number of sulfonamides is 1. The average Bonchev–Trinajstić information content (AvgIpc) is 2.79. The molecule has 30 heavy (non-hydrogen) atoms. The van der Waals surface area contributed by atoms with Crippen LogP contribution in [0, 0.1) is 0 Å². The Labute approximate surface area is 175 Å². The fraction of sp³-hybridized carbons (Fsp3) is 0.217. The summed E-state index contributed by atoms with van der Waals surface area (Å²) < 4.78 is 33.7. The Balaban J connectivity index is 1.28. The summed E-state index contributed by atoms with van der Waals surface area (Å²) in [6.07, 6.45) is 2.77. The number of ether oxygens (including phenoxy) is 1. The summed E-state index contributed by atoms with van der Waals surface area (Å²) in [6, 6.07) is 20.7. The standard InChI is InChI=1S/C23H21N3O3S/c27-30(28,20-10-9-17-5-1-2-6-18(17)15-20)26-13-11-19(12-14-26)29-23-16-24-21-7-3-4-8-22(21)25-23/h1-10,15-16,19H,11-14H2. The second kappa shape index (κ2) is 7.66. The monoisotopic (exact) mass is 419 g/mol. The Morgan fingerprint density at radius 3 is 2.37 bits per heavy atom. The zero-order valence-corrected chi connectivity index (χ0v) is 17.1. The van der Waals surface area contributed by atoms with Gasteiger partial charge in [-0.15, -0.1) is 0 Å². The molecule has 1 saturated heterocycles. The first-order valence-corrected chi connectivity index (χ1v) is 11.4. The molecule has 3 aromatic carbocycles. The second-order valence-corrected chi connectivity index (χ2v) is 9.37. The highest BCUT2D eigenvalue weighted by molar-refractivity contribution is 7.89. The maximum atomic E-state index is 13.1. The third-order valence-corrected chi connectivity index (χ3v) is 7.37. The lowest BCUT2D eigenvalue weighted by Gasteiger charge is -2.31. The van der Waals surface area contributed by atoms with E-state index in [1.165, 1.54) is 0 Å². The minimum absolute atomic E-state index is 0.0801. The van der Waals surface area contributed by atoms with E-state index in [1.807, 2.05) is 54.6 Å². The van der Waals surface area contributed by atoms with Crippen molar-refractivity contribution in [3.8, 4) is 5.88 Å². The van der Waals surface area contributed by atoms with E-state index in [-0.39, 0.29) is 6.10 Å². The van der Waals surface area contributed by atoms with E-state index in [9.17, 15) is 8.42 Å². The van der Waals surface area contributed by atoms with Crippen LogP contribution >= 0.6 is 0 Å². The van der Waals surface area contributed by atoms with Crippen molar-refractivity contribution in [3.63, 3.8) is 0 Å². The number of rotatable bonds is 4. The summed E-state index contributed by atoms with van der Waals surface area (Å²) in [5, 5.41) is 1.95. The molecule has 1 aliphatic heterocycles. The molecule has 5 rings (SSSR count). The van der Waals surface area contributed by atoms with Gasteiger partial charge in [-0.2, -0.15) is 4.31 Å². The maximum absolute atomic E-state index is 13.1. The number of hydrogen-bond donors (Lipinski definition) is 0. The van der Waals surface area contributed by atoms with Crippen LogP contribution in [0.5, 0.6) is 5.88 Å². The van der Waals surface area contributed by atoms with Gasteiger partial charge in [0.15, 0.2) is 0 Å². The van der Waals surface area contributed by atoms with Gasteiger partial charge in [0.05, 0.1) is 22.1 Å². The molecule has 7 heteroatoms. The summed E-state index contributed by atoms with van der Waals surface area (Å²) >= 11 is 0. The Morgan fingerprint density at radius 2 is 1.57 bits per heavy atom. The third kappa shape index (κ3) is 3.62. The highest BCUT2D eigenvalue weighted by Crippen LogP contribution is 2.26. The molecule has 0 bridgehead atoms. The van der Waals surface area contributed by atoms with Gasteiger partial charge in [-0.3, -0.25) is 0 Å². The molecule has 6 nitrogen and oxygen atoms in total. The van der Waals surface area contributed by atoms with Gasteiger partial charge in [0.25, 0.3) is 0 Å². The van der Waals surface area contributed by atoms with Crippen molar-refractivity contribution in [2.45, 2.75) is 23.8 Å². The first kappa shape index (κ1) is 19.0. The van der Waals surface area contributed by atoms with Gasteiger partial charge in [0.2, 0.25) is 15.9 Å². The molecule has 0 atom stereocenters. The van der Waals surface area contributed by atoms with Crippen LogP contribution in [-0.2, 0) is 10.0 Å². The van der Waals surface area contributed by atoms with Crippen LogP contribution in [0.1, 0.15) is 12.8 Å². The SMILES string of the molecule is O=S(=O)(c1ccc2ccccc2c1)N1CCC(Oc2cnc3ccccc3n2)CC1. The molecule has 2 heterocycles. The lowest BCUT2D eigenvalue weighted by Crippen LogP contribution is -2.41. The molecule has 0 spiro atoms. The number of piperidine rings is 1. The van der Waals surface area contributed by atoms with Crippen molar-refractivity contribution < 1.29 is 13.2 Å². The van der Waals surface area contributed by atoms with E-state index in [4.69, 9.17) is 4.74 Å². The smallest absolute Gasteiger partial charge is 0.243 e. The van der Waals surface area contributed by atoms with Crippen LogP contribution in [0.25, 0.3) is 21.8 Å². The minimum Gasteiger partial charge on any atom is -0.473 e. The Hall–Kier alpha value is -3.03. The van der Waals surface area contributed by atoms with E-state index >= 15 is 0 Å². The van der Waals surface area contributed by atoms with Gasteiger partial charge in [0, 0.05) is 13.1 Å². The summed E-state index contributed by atoms with van der Waals surface area (Å²) in [5.41, 5.74) is 1.60. The van der Waals surface area contributed by atoms with Crippen molar-refractivity contribution in [2.24, 2.45) is 0 Å². The largest absolute Gasteiger partial charge is 0.473 e.